The number of halogens is 5. The molecule has 5 heterocycles. The third-order valence-electron chi connectivity index (χ3n) is 5.99. The standard InChI is InChI=1S/C23H20F5N6O.2CH4/c24-13-8-15(25)22-30-11-18(33(22)12-13)19-14-10-29-16(9-17(14)34(31-19)21(28)20(26)27)23(35)32-6-4-2-1-3-5-7-32;;/h6,8-12,20-21H,1-5,7H2;2*1H4. The molecule has 1 atom stereocenters. The Morgan fingerprint density at radius 1 is 0.973 bits per heavy atom. The first kappa shape index (κ1) is 28.0. The lowest BCUT2D eigenvalue weighted by Gasteiger charge is -2.23. The third kappa shape index (κ3) is 5.14. The normalized spacial score (nSPS) is 15.2. The van der Waals surface area contributed by atoms with Gasteiger partial charge in [0.2, 0.25) is 0 Å². The summed E-state index contributed by atoms with van der Waals surface area (Å²) in [5.74, 6) is -2.27. The van der Waals surface area contributed by atoms with Crippen LogP contribution in [0.4, 0.5) is 22.0 Å². The smallest absolute Gasteiger partial charge is 0.289 e. The summed E-state index contributed by atoms with van der Waals surface area (Å²) >= 11 is 0. The zero-order valence-corrected chi connectivity index (χ0v) is 18.3. The first-order chi connectivity index (χ1) is 16.8. The molecule has 1 unspecified atom stereocenters. The summed E-state index contributed by atoms with van der Waals surface area (Å²) in [4.78, 5) is 22.7. The summed E-state index contributed by atoms with van der Waals surface area (Å²) in [6.45, 7) is 2.28. The molecule has 1 aliphatic heterocycles. The maximum atomic E-state index is 14.6. The highest BCUT2D eigenvalue weighted by molar-refractivity contribution is 5.99. The molecular weight excluding hydrogens is 495 g/mol. The SMILES string of the molecule is C.C.O=C(c1cc2c(cn1)c(-c1cnc3c(F)cc(F)cn13)nn2C(F)C(F)F)N1[CH]CCCCCC1. The van der Waals surface area contributed by atoms with Crippen molar-refractivity contribution >= 4 is 22.5 Å². The van der Waals surface area contributed by atoms with Crippen molar-refractivity contribution in [1.29, 1.82) is 0 Å². The molecule has 4 aromatic heterocycles. The summed E-state index contributed by atoms with van der Waals surface area (Å²) in [7, 11) is 0. The van der Waals surface area contributed by atoms with Gasteiger partial charge in [-0.25, -0.2) is 31.6 Å². The van der Waals surface area contributed by atoms with E-state index in [4.69, 9.17) is 0 Å². The average molecular weight is 524 g/mol. The van der Waals surface area contributed by atoms with Gasteiger partial charge in [-0.2, -0.15) is 5.10 Å². The van der Waals surface area contributed by atoms with Crippen LogP contribution in [0.25, 0.3) is 27.9 Å². The predicted octanol–water partition coefficient (Wildman–Crippen LogP) is 6.60. The van der Waals surface area contributed by atoms with E-state index in [0.29, 0.717) is 17.3 Å². The van der Waals surface area contributed by atoms with Crippen molar-refractivity contribution in [2.45, 2.75) is 59.7 Å². The molecule has 37 heavy (non-hydrogen) atoms. The minimum absolute atomic E-state index is 0. The largest absolute Gasteiger partial charge is 0.332 e. The molecule has 12 heteroatoms. The Bertz CT molecular complexity index is 1390. The van der Waals surface area contributed by atoms with Crippen LogP contribution in [0.2, 0.25) is 0 Å². The molecular formula is C25H28F5N6O. The summed E-state index contributed by atoms with van der Waals surface area (Å²) in [5, 5.41) is 4.10. The van der Waals surface area contributed by atoms with E-state index in [1.54, 1.807) is 6.54 Å². The van der Waals surface area contributed by atoms with Gasteiger partial charge in [0.05, 0.1) is 24.0 Å². The number of nitrogens with zero attached hydrogens (tertiary/aromatic N) is 6. The number of hydrogen-bond donors (Lipinski definition) is 0. The van der Waals surface area contributed by atoms with Gasteiger partial charge in [0.1, 0.15) is 17.2 Å². The van der Waals surface area contributed by atoms with E-state index in [9.17, 15) is 26.7 Å². The molecule has 7 nitrogen and oxygen atoms in total. The zero-order chi connectivity index (χ0) is 24.7. The first-order valence-corrected chi connectivity index (χ1v) is 11.1. The Morgan fingerprint density at radius 2 is 1.73 bits per heavy atom. The number of likely N-dealkylation sites (tertiary alicyclic amines) is 1. The molecule has 1 radical (unpaired) electrons. The monoisotopic (exact) mass is 523 g/mol. The van der Waals surface area contributed by atoms with E-state index in [-0.39, 0.29) is 48.5 Å². The van der Waals surface area contributed by atoms with Gasteiger partial charge in [-0.05, 0) is 18.9 Å². The first-order valence-electron chi connectivity index (χ1n) is 11.1. The van der Waals surface area contributed by atoms with Crippen LogP contribution in [-0.4, -0.2) is 47.9 Å². The Labute approximate surface area is 210 Å². The number of amides is 1. The maximum absolute atomic E-state index is 14.6. The lowest BCUT2D eigenvalue weighted by atomic mass is 10.1. The van der Waals surface area contributed by atoms with Crippen LogP contribution in [0.1, 0.15) is 63.7 Å². The molecule has 0 aromatic carbocycles. The molecule has 0 N–H and O–H groups in total. The van der Waals surface area contributed by atoms with Gasteiger partial charge in [-0.1, -0.05) is 34.1 Å². The van der Waals surface area contributed by atoms with Crippen LogP contribution in [0.5, 0.6) is 0 Å². The summed E-state index contributed by atoms with van der Waals surface area (Å²) < 4.78 is 70.7. The fraction of sp³-hybridized carbons (Fsp3) is 0.400. The molecule has 0 spiro atoms. The number of imidazole rings is 1. The molecule has 0 aliphatic carbocycles. The molecule has 1 saturated heterocycles. The lowest BCUT2D eigenvalue weighted by Crippen LogP contribution is -2.31. The maximum Gasteiger partial charge on any atom is 0.289 e. The van der Waals surface area contributed by atoms with Gasteiger partial charge in [0.15, 0.2) is 11.5 Å². The van der Waals surface area contributed by atoms with E-state index in [2.05, 4.69) is 15.1 Å². The quantitative estimate of drug-likeness (QED) is 0.283. The number of rotatable bonds is 4. The average Bonchev–Trinajstić information content (AvgIpc) is 3.39. The van der Waals surface area contributed by atoms with Gasteiger partial charge in [-0.15, -0.1) is 0 Å². The zero-order valence-electron chi connectivity index (χ0n) is 18.3. The van der Waals surface area contributed by atoms with Crippen LogP contribution in [-0.2, 0) is 0 Å². The number of carbonyl (C=O) groups is 1. The molecule has 0 saturated carbocycles. The van der Waals surface area contributed by atoms with Crippen molar-refractivity contribution in [2.24, 2.45) is 0 Å². The van der Waals surface area contributed by atoms with Crippen LogP contribution in [0.15, 0.2) is 30.7 Å². The highest BCUT2D eigenvalue weighted by Crippen LogP contribution is 2.33. The molecule has 1 aliphatic rings. The van der Waals surface area contributed by atoms with Crippen molar-refractivity contribution in [1.82, 2.24) is 29.0 Å². The Balaban J connectivity index is 0.00000190. The highest BCUT2D eigenvalue weighted by Gasteiger charge is 2.29. The molecule has 199 valence electrons. The van der Waals surface area contributed by atoms with E-state index < -0.39 is 30.3 Å². The van der Waals surface area contributed by atoms with Gasteiger partial charge in [0, 0.05) is 30.4 Å². The predicted molar refractivity (Wildman–Crippen MR) is 130 cm³/mol. The van der Waals surface area contributed by atoms with Crippen LogP contribution < -0.4 is 0 Å². The molecule has 5 rings (SSSR count). The fourth-order valence-corrected chi connectivity index (χ4v) is 4.27. The van der Waals surface area contributed by atoms with Crippen LogP contribution in [0.3, 0.4) is 0 Å². The molecule has 0 bridgehead atoms. The van der Waals surface area contributed by atoms with Crippen molar-refractivity contribution in [3.63, 3.8) is 0 Å². The lowest BCUT2D eigenvalue weighted by molar-refractivity contribution is 0.00356. The van der Waals surface area contributed by atoms with Gasteiger partial charge in [-0.3, -0.25) is 14.2 Å². The van der Waals surface area contributed by atoms with Crippen molar-refractivity contribution < 1.29 is 26.7 Å². The second-order valence-electron chi connectivity index (χ2n) is 8.31. The second kappa shape index (κ2) is 11.2. The summed E-state index contributed by atoms with van der Waals surface area (Å²) in [6.07, 6.45) is 1.66. The highest BCUT2D eigenvalue weighted by atomic mass is 19.3. The number of hydrogen-bond acceptors (Lipinski definition) is 4. The summed E-state index contributed by atoms with van der Waals surface area (Å²) in [6, 6.07) is 1.86. The van der Waals surface area contributed by atoms with Gasteiger partial charge >= 0.3 is 0 Å². The number of pyridine rings is 2. The van der Waals surface area contributed by atoms with E-state index in [1.807, 2.05) is 0 Å². The Kier molecular flexibility index (Phi) is 8.49. The third-order valence-corrected chi connectivity index (χ3v) is 5.99. The fourth-order valence-electron chi connectivity index (χ4n) is 4.27. The van der Waals surface area contributed by atoms with E-state index in [0.717, 1.165) is 42.7 Å². The molecule has 1 amide bonds. The minimum Gasteiger partial charge on any atom is -0.332 e. The van der Waals surface area contributed by atoms with E-state index >= 15 is 0 Å². The van der Waals surface area contributed by atoms with Crippen LogP contribution in [0, 0.1) is 18.2 Å². The van der Waals surface area contributed by atoms with Crippen molar-refractivity contribution in [3.8, 4) is 11.4 Å². The summed E-state index contributed by atoms with van der Waals surface area (Å²) in [5.41, 5.74) is -0.405. The minimum atomic E-state index is -3.40. The second-order valence-corrected chi connectivity index (χ2v) is 8.31. The molecule has 1 fully saturated rings. The number of fused-ring (bicyclic) bond motifs is 2. The number of aromatic nitrogens is 5. The number of alkyl halides is 3. The van der Waals surface area contributed by atoms with Gasteiger partial charge < -0.3 is 4.90 Å². The number of carbonyl (C=O) groups excluding carboxylic acids is 1. The van der Waals surface area contributed by atoms with Gasteiger partial charge in [0.25, 0.3) is 18.6 Å². The van der Waals surface area contributed by atoms with E-state index in [1.165, 1.54) is 23.4 Å². The van der Waals surface area contributed by atoms with Crippen LogP contribution >= 0.6 is 0 Å². The Morgan fingerprint density at radius 3 is 2.49 bits per heavy atom. The topological polar surface area (TPSA) is 68.3 Å². The Hall–Kier alpha value is -3.57. The van der Waals surface area contributed by atoms with Crippen molar-refractivity contribution in [2.75, 3.05) is 6.54 Å². The van der Waals surface area contributed by atoms with Crippen molar-refractivity contribution in [3.05, 3.63) is 54.6 Å². The molecule has 4 aromatic rings.